The lowest BCUT2D eigenvalue weighted by Crippen LogP contribution is -2.30. The predicted molar refractivity (Wildman–Crippen MR) is 409 cm³/mol. The quantitative estimate of drug-likeness (QED) is 0.0222. The molecule has 0 rings (SSSR count). The van der Waals surface area contributed by atoms with Crippen molar-refractivity contribution in [1.82, 2.24) is 0 Å². The zero-order chi connectivity index (χ0) is 73.5. The van der Waals surface area contributed by atoms with Crippen LogP contribution in [0.4, 0.5) is 0 Å². The molecule has 0 radical (unpaired) electrons. The number of carbonyl (C=O) groups is 4. The lowest BCUT2D eigenvalue weighted by Gasteiger charge is -2.21. The van der Waals surface area contributed by atoms with Crippen LogP contribution >= 0.6 is 15.6 Å². The second-order valence-electron chi connectivity index (χ2n) is 29.6. The van der Waals surface area contributed by atoms with E-state index in [1.165, 1.54) is 238 Å². The van der Waals surface area contributed by atoms with Gasteiger partial charge in [0.1, 0.15) is 19.3 Å². The van der Waals surface area contributed by atoms with E-state index in [0.717, 1.165) is 108 Å². The normalized spacial score (nSPS) is 14.4. The summed E-state index contributed by atoms with van der Waals surface area (Å²) in [6.07, 6.45) is 62.5. The molecule has 100 heavy (non-hydrogen) atoms. The fourth-order valence-corrected chi connectivity index (χ4v) is 14.1. The number of carbonyl (C=O) groups excluding carboxylic acids is 4. The molecule has 0 aliphatic heterocycles. The molecule has 0 saturated carbocycles. The molecular weight excluding hydrogens is 1310 g/mol. The molecule has 0 amide bonds. The number of phosphoric acid groups is 2. The molecule has 3 N–H and O–H groups in total. The Kier molecular flexibility index (Phi) is 71.2. The molecule has 7 atom stereocenters. The number of phosphoric ester groups is 2. The second kappa shape index (κ2) is 72.6. The highest BCUT2D eigenvalue weighted by molar-refractivity contribution is 7.47. The minimum atomic E-state index is -4.96. The zero-order valence-electron chi connectivity index (χ0n) is 65.5. The highest BCUT2D eigenvalue weighted by Crippen LogP contribution is 2.45. The molecule has 0 bridgehead atoms. The Morgan fingerprint density at radius 2 is 0.480 bits per heavy atom. The highest BCUT2D eigenvalue weighted by atomic mass is 31.2. The number of unbranched alkanes of at least 4 members (excludes halogenated alkanes) is 48. The molecule has 0 aromatic rings. The average molecular weight is 1470 g/mol. The summed E-state index contributed by atoms with van der Waals surface area (Å²) in [7, 11) is -9.92. The van der Waals surface area contributed by atoms with Crippen molar-refractivity contribution in [3.05, 3.63) is 0 Å². The summed E-state index contributed by atoms with van der Waals surface area (Å²) in [5.41, 5.74) is 0. The van der Waals surface area contributed by atoms with Crippen molar-refractivity contribution in [3.8, 4) is 0 Å². The number of aliphatic hydroxyl groups is 1. The van der Waals surface area contributed by atoms with Gasteiger partial charge in [0, 0.05) is 25.7 Å². The molecule has 0 spiro atoms. The summed E-state index contributed by atoms with van der Waals surface area (Å²) in [4.78, 5) is 73.0. The van der Waals surface area contributed by atoms with Gasteiger partial charge in [-0.25, -0.2) is 9.13 Å². The first-order valence-corrected chi connectivity index (χ1v) is 45.1. The third-order valence-electron chi connectivity index (χ3n) is 19.7. The minimum absolute atomic E-state index is 0.106. The molecule has 19 heteroatoms. The first-order chi connectivity index (χ1) is 48.4. The smallest absolute Gasteiger partial charge is 0.462 e. The Balaban J connectivity index is 5.21. The summed E-state index contributed by atoms with van der Waals surface area (Å²) in [5, 5.41) is 10.6. The number of aliphatic hydroxyl groups excluding tert-OH is 1. The fraction of sp³-hybridized carbons (Fsp3) is 0.951. The van der Waals surface area contributed by atoms with Crippen LogP contribution in [0.15, 0.2) is 0 Å². The molecular formula is C81H158O17P2. The van der Waals surface area contributed by atoms with Gasteiger partial charge in [-0.15, -0.1) is 0 Å². The molecule has 0 heterocycles. The van der Waals surface area contributed by atoms with Gasteiger partial charge < -0.3 is 33.8 Å². The first-order valence-electron chi connectivity index (χ1n) is 42.1. The van der Waals surface area contributed by atoms with E-state index in [9.17, 15) is 43.2 Å². The van der Waals surface area contributed by atoms with Gasteiger partial charge in [0.15, 0.2) is 12.2 Å². The van der Waals surface area contributed by atoms with Gasteiger partial charge in [-0.2, -0.15) is 0 Å². The molecule has 0 aromatic carbocycles. The van der Waals surface area contributed by atoms with E-state index in [1.54, 1.807) is 0 Å². The van der Waals surface area contributed by atoms with Gasteiger partial charge in [-0.3, -0.25) is 37.3 Å². The lowest BCUT2D eigenvalue weighted by atomic mass is 9.99. The monoisotopic (exact) mass is 1470 g/mol. The van der Waals surface area contributed by atoms with Crippen LogP contribution in [-0.4, -0.2) is 96.7 Å². The number of esters is 4. The van der Waals surface area contributed by atoms with Crippen molar-refractivity contribution in [3.63, 3.8) is 0 Å². The van der Waals surface area contributed by atoms with Crippen molar-refractivity contribution in [1.29, 1.82) is 0 Å². The van der Waals surface area contributed by atoms with Gasteiger partial charge in [0.25, 0.3) is 0 Å². The van der Waals surface area contributed by atoms with Gasteiger partial charge in [0.2, 0.25) is 0 Å². The second-order valence-corrected chi connectivity index (χ2v) is 32.6. The van der Waals surface area contributed by atoms with Gasteiger partial charge in [0.05, 0.1) is 26.4 Å². The third kappa shape index (κ3) is 71.7. The number of hydrogen-bond donors (Lipinski definition) is 3. The summed E-state index contributed by atoms with van der Waals surface area (Å²) < 4.78 is 68.7. The summed E-state index contributed by atoms with van der Waals surface area (Å²) in [5.74, 6) is -0.529. The van der Waals surface area contributed by atoms with E-state index in [1.807, 2.05) is 0 Å². The van der Waals surface area contributed by atoms with Crippen LogP contribution in [0.2, 0.25) is 0 Å². The maximum atomic E-state index is 13.1. The SMILES string of the molecule is CCCCCCCCCCCCCCCCCCCCCCCC(=O)O[C@H](COC(=O)CCCCCCCCCCCCCCCCC(C)CC)COP(=O)(O)OC[C@@H](O)COP(=O)(O)OC[C@@H](COC(=O)CCCCCCCCC(C)CC)OC(=O)CCCCCCCCCCCCC. The zero-order valence-corrected chi connectivity index (χ0v) is 67.3. The van der Waals surface area contributed by atoms with Crippen molar-refractivity contribution in [2.45, 2.75) is 445 Å². The predicted octanol–water partition coefficient (Wildman–Crippen LogP) is 24.3. The Labute approximate surface area is 613 Å². The number of hydrogen-bond acceptors (Lipinski definition) is 15. The molecule has 0 aliphatic rings. The van der Waals surface area contributed by atoms with Gasteiger partial charge in [-0.05, 0) is 37.5 Å². The van der Waals surface area contributed by atoms with Crippen LogP contribution in [0.25, 0.3) is 0 Å². The summed E-state index contributed by atoms with van der Waals surface area (Å²) in [6, 6.07) is 0. The summed E-state index contributed by atoms with van der Waals surface area (Å²) in [6.45, 7) is 9.64. The van der Waals surface area contributed by atoms with E-state index in [0.29, 0.717) is 25.7 Å². The van der Waals surface area contributed by atoms with Crippen LogP contribution < -0.4 is 0 Å². The molecule has 4 unspecified atom stereocenters. The standard InChI is InChI=1S/C81H158O17P2/c1-7-11-13-15-17-19-21-22-23-24-25-26-27-28-29-34-38-42-46-54-60-66-81(86)97-76(69-91-78(83)63-57-51-44-40-37-33-31-30-32-36-39-43-49-55-61-73(5)9-3)71-95-99(87,88)93-67-75(82)68-94-100(89,90)96-72-77(70-92-79(84)64-58-52-48-47-50-56-62-74(6)10-4)98-80(85)65-59-53-45-41-35-20-18-16-14-12-8-2/h73-77,82H,7-72H2,1-6H3,(H,87,88)(H,89,90)/t73?,74?,75-,76-,77-/m1/s1. The molecule has 17 nitrogen and oxygen atoms in total. The van der Waals surface area contributed by atoms with Crippen LogP contribution in [-0.2, 0) is 65.4 Å². The van der Waals surface area contributed by atoms with E-state index in [4.69, 9.17) is 37.0 Å². The van der Waals surface area contributed by atoms with E-state index in [-0.39, 0.29) is 25.7 Å². The van der Waals surface area contributed by atoms with Crippen molar-refractivity contribution < 1.29 is 80.2 Å². The molecule has 0 fully saturated rings. The Morgan fingerprint density at radius 3 is 0.710 bits per heavy atom. The number of ether oxygens (including phenoxy) is 4. The Hall–Kier alpha value is -1.94. The Bertz CT molecular complexity index is 1930. The van der Waals surface area contributed by atoms with Crippen molar-refractivity contribution in [2.24, 2.45) is 11.8 Å². The maximum absolute atomic E-state index is 13.1. The first kappa shape index (κ1) is 98.1. The van der Waals surface area contributed by atoms with Crippen LogP contribution in [0.3, 0.4) is 0 Å². The molecule has 0 aromatic heterocycles. The summed E-state index contributed by atoms with van der Waals surface area (Å²) >= 11 is 0. The largest absolute Gasteiger partial charge is 0.472 e. The number of rotatable bonds is 80. The van der Waals surface area contributed by atoms with Crippen LogP contribution in [0.1, 0.15) is 427 Å². The fourth-order valence-electron chi connectivity index (χ4n) is 12.5. The van der Waals surface area contributed by atoms with Crippen LogP contribution in [0, 0.1) is 11.8 Å². The van der Waals surface area contributed by atoms with E-state index >= 15 is 0 Å². The molecule has 0 aliphatic carbocycles. The highest BCUT2D eigenvalue weighted by Gasteiger charge is 2.30. The molecule has 594 valence electrons. The topological polar surface area (TPSA) is 237 Å². The lowest BCUT2D eigenvalue weighted by molar-refractivity contribution is -0.161. The van der Waals surface area contributed by atoms with Crippen molar-refractivity contribution >= 4 is 39.5 Å². The maximum Gasteiger partial charge on any atom is 0.472 e. The third-order valence-corrected chi connectivity index (χ3v) is 21.6. The average Bonchev–Trinajstić information content (AvgIpc) is 0.959. The van der Waals surface area contributed by atoms with E-state index < -0.39 is 97.5 Å². The van der Waals surface area contributed by atoms with Gasteiger partial charge in [-0.1, -0.05) is 375 Å². The minimum Gasteiger partial charge on any atom is -0.462 e. The molecule has 0 saturated heterocycles. The van der Waals surface area contributed by atoms with Crippen molar-refractivity contribution in [2.75, 3.05) is 39.6 Å². The Morgan fingerprint density at radius 1 is 0.280 bits per heavy atom. The van der Waals surface area contributed by atoms with E-state index in [2.05, 4.69) is 41.5 Å². The van der Waals surface area contributed by atoms with Gasteiger partial charge >= 0.3 is 39.5 Å². The van der Waals surface area contributed by atoms with Crippen LogP contribution in [0.5, 0.6) is 0 Å².